The topological polar surface area (TPSA) is 8.17 Å². The van der Waals surface area contributed by atoms with Crippen molar-refractivity contribution in [3.8, 4) is 11.1 Å². The lowest BCUT2D eigenvalue weighted by atomic mass is 9.43. The van der Waals surface area contributed by atoms with E-state index in [1.807, 2.05) is 0 Å². The Bertz CT molecular complexity index is 1620. The van der Waals surface area contributed by atoms with Gasteiger partial charge in [0.05, 0.1) is 0 Å². The average molecular weight is 446 g/mol. The lowest BCUT2D eigenvalue weighted by Crippen LogP contribution is -2.58. The van der Waals surface area contributed by atoms with Crippen molar-refractivity contribution in [1.82, 2.24) is 4.48 Å². The number of anilines is 2. The Kier molecular flexibility index (Phi) is 4.19. The van der Waals surface area contributed by atoms with Crippen LogP contribution < -0.4 is 15.8 Å². The molecule has 6 rings (SSSR count). The molecule has 0 fully saturated rings. The number of nitrogens with zero attached hydrogens (tertiary/aromatic N) is 2. The minimum Gasteiger partial charge on any atom is -0.382 e. The molecule has 34 heavy (non-hydrogen) atoms. The Labute approximate surface area is 204 Å². The van der Waals surface area contributed by atoms with Gasteiger partial charge in [-0.25, -0.2) is 0 Å². The van der Waals surface area contributed by atoms with Crippen LogP contribution in [0.25, 0.3) is 22.0 Å². The van der Waals surface area contributed by atoms with Crippen molar-refractivity contribution < 1.29 is 0 Å². The van der Waals surface area contributed by atoms with Crippen LogP contribution in [-0.4, -0.2) is 18.4 Å². The number of aromatic nitrogens is 1. The van der Waals surface area contributed by atoms with E-state index in [1.165, 1.54) is 100.0 Å². The summed E-state index contributed by atoms with van der Waals surface area (Å²) in [4.78, 5) is 2.52. The van der Waals surface area contributed by atoms with E-state index in [-0.39, 0.29) is 6.85 Å². The van der Waals surface area contributed by atoms with Crippen LogP contribution in [0.5, 0.6) is 0 Å². The van der Waals surface area contributed by atoms with Gasteiger partial charge in [-0.1, -0.05) is 0 Å². The van der Waals surface area contributed by atoms with Crippen molar-refractivity contribution in [2.24, 2.45) is 0 Å². The van der Waals surface area contributed by atoms with Crippen LogP contribution in [0.1, 0.15) is 55.6 Å². The summed E-state index contributed by atoms with van der Waals surface area (Å²) >= 11 is 0. The van der Waals surface area contributed by atoms with Gasteiger partial charge in [-0.15, -0.1) is 0 Å². The maximum atomic E-state index is 2.61. The van der Waals surface area contributed by atoms with E-state index in [0.29, 0.717) is 0 Å². The summed E-state index contributed by atoms with van der Waals surface area (Å²) in [5, 5.41) is 1.40. The first-order chi connectivity index (χ1) is 16.0. The van der Waals surface area contributed by atoms with E-state index in [9.17, 15) is 0 Å². The maximum Gasteiger partial charge on any atom is 0.332 e. The second kappa shape index (κ2) is 6.59. The highest BCUT2D eigenvalue weighted by molar-refractivity contribution is 6.89. The van der Waals surface area contributed by atoms with Gasteiger partial charge in [0.25, 0.3) is 0 Å². The van der Waals surface area contributed by atoms with Gasteiger partial charge >= 0.3 is 6.85 Å². The average Bonchev–Trinajstić information content (AvgIpc) is 3.25. The van der Waals surface area contributed by atoms with Crippen molar-refractivity contribution in [2.45, 2.75) is 69.2 Å². The largest absolute Gasteiger partial charge is 0.382 e. The van der Waals surface area contributed by atoms with Crippen LogP contribution in [0, 0.1) is 69.2 Å². The molecule has 1 aromatic heterocycles. The molecule has 172 valence electrons. The summed E-state index contributed by atoms with van der Waals surface area (Å²) in [5.41, 5.74) is 24.4. The van der Waals surface area contributed by atoms with Gasteiger partial charge in [-0.3, -0.25) is 0 Å². The van der Waals surface area contributed by atoms with E-state index < -0.39 is 0 Å². The molecule has 0 unspecified atom stereocenters. The van der Waals surface area contributed by atoms with Crippen LogP contribution in [0.15, 0.2) is 12.3 Å². The van der Waals surface area contributed by atoms with Crippen molar-refractivity contribution in [3.05, 3.63) is 67.9 Å². The highest BCUT2D eigenvalue weighted by Crippen LogP contribution is 2.47. The van der Waals surface area contributed by atoms with Crippen molar-refractivity contribution in [2.75, 3.05) is 11.9 Å². The molecule has 4 aromatic rings. The minimum atomic E-state index is 0.207. The fraction of sp³-hybridized carbons (Fsp3) is 0.355. The standard InChI is InChI=1S/C31H35BN2/c1-14-15(2)22(9)29-27(21(14)8)32-28-25(19(6)17(4)23(10)30(28)33(29)11)26-20(7)16(3)18(5)24-12-13-34(32)31(24)26/h12-13H,1-11H3. The van der Waals surface area contributed by atoms with Gasteiger partial charge in [0.2, 0.25) is 0 Å². The molecule has 0 spiro atoms. The van der Waals surface area contributed by atoms with E-state index in [0.717, 1.165) is 0 Å². The third kappa shape index (κ3) is 2.20. The van der Waals surface area contributed by atoms with Crippen molar-refractivity contribution >= 4 is 40.1 Å². The lowest BCUT2D eigenvalue weighted by molar-refractivity contribution is 1.11. The van der Waals surface area contributed by atoms with Crippen LogP contribution in [0.2, 0.25) is 0 Å². The molecule has 0 saturated carbocycles. The summed E-state index contributed by atoms with van der Waals surface area (Å²) in [7, 11) is 2.29. The van der Waals surface area contributed by atoms with Gasteiger partial charge < -0.3 is 9.38 Å². The van der Waals surface area contributed by atoms with E-state index in [1.54, 1.807) is 0 Å². The second-order valence-corrected chi connectivity index (χ2v) is 11.0. The van der Waals surface area contributed by atoms with E-state index >= 15 is 0 Å². The molecular formula is C31H35BN2. The van der Waals surface area contributed by atoms with E-state index in [4.69, 9.17) is 0 Å². The number of rotatable bonds is 0. The van der Waals surface area contributed by atoms with Crippen LogP contribution in [0.3, 0.4) is 0 Å². The molecule has 2 aliphatic rings. The van der Waals surface area contributed by atoms with Crippen LogP contribution in [-0.2, 0) is 0 Å². The maximum absolute atomic E-state index is 2.61. The molecule has 0 N–H and O–H groups in total. The Hall–Kier alpha value is -2.94. The second-order valence-electron chi connectivity index (χ2n) is 11.0. The SMILES string of the molecule is Cc1c(C)c(C)c2c(c1C)B1c3c(c(C)c(C)c(C)c3N2C)-c2c(C)c(C)c(C)c3ccn1c23. The molecule has 0 amide bonds. The summed E-state index contributed by atoms with van der Waals surface area (Å²) in [5.74, 6) is 0. The molecule has 2 aliphatic heterocycles. The van der Waals surface area contributed by atoms with Crippen molar-refractivity contribution in [3.63, 3.8) is 0 Å². The van der Waals surface area contributed by atoms with Crippen LogP contribution in [0.4, 0.5) is 11.4 Å². The van der Waals surface area contributed by atoms with Gasteiger partial charge in [0.15, 0.2) is 0 Å². The Morgan fingerprint density at radius 1 is 0.529 bits per heavy atom. The molecule has 0 atom stereocenters. The number of aryl methyl sites for hydroxylation is 1. The van der Waals surface area contributed by atoms with Crippen LogP contribution >= 0.6 is 0 Å². The Morgan fingerprint density at radius 2 is 1.03 bits per heavy atom. The first-order valence-electron chi connectivity index (χ1n) is 12.6. The van der Waals surface area contributed by atoms with Gasteiger partial charge in [0.1, 0.15) is 0 Å². The predicted octanol–water partition coefficient (Wildman–Crippen LogP) is 6.44. The zero-order valence-corrected chi connectivity index (χ0v) is 22.6. The lowest BCUT2D eigenvalue weighted by Gasteiger charge is -2.43. The Morgan fingerprint density at radius 3 is 1.68 bits per heavy atom. The smallest absolute Gasteiger partial charge is 0.332 e. The molecule has 0 aliphatic carbocycles. The third-order valence-electron chi connectivity index (χ3n) is 9.88. The first kappa shape index (κ1) is 21.6. The number of benzene rings is 3. The third-order valence-corrected chi connectivity index (χ3v) is 9.88. The molecule has 3 aromatic carbocycles. The number of hydrogen-bond acceptors (Lipinski definition) is 1. The zero-order valence-electron chi connectivity index (χ0n) is 22.6. The molecule has 3 heteroatoms. The zero-order chi connectivity index (χ0) is 24.5. The summed E-state index contributed by atoms with van der Waals surface area (Å²) in [6, 6.07) is 2.36. The molecule has 3 heterocycles. The quantitative estimate of drug-likeness (QED) is 0.249. The highest BCUT2D eigenvalue weighted by Gasteiger charge is 2.44. The predicted molar refractivity (Wildman–Crippen MR) is 150 cm³/mol. The molecule has 0 saturated heterocycles. The fourth-order valence-corrected chi connectivity index (χ4v) is 7.20. The first-order valence-corrected chi connectivity index (χ1v) is 12.6. The fourth-order valence-electron chi connectivity index (χ4n) is 7.20. The minimum absolute atomic E-state index is 0.207. The monoisotopic (exact) mass is 446 g/mol. The number of hydrogen-bond donors (Lipinski definition) is 0. The normalized spacial score (nSPS) is 13.6. The van der Waals surface area contributed by atoms with Gasteiger partial charge in [0, 0.05) is 34.9 Å². The highest BCUT2D eigenvalue weighted by atomic mass is 15.1. The summed E-state index contributed by atoms with van der Waals surface area (Å²) < 4.78 is 2.61. The summed E-state index contributed by atoms with van der Waals surface area (Å²) in [6.07, 6.45) is 2.36. The Balaban J connectivity index is 1.94. The summed E-state index contributed by atoms with van der Waals surface area (Å²) in [6.45, 7) is 23.4. The van der Waals surface area contributed by atoms with E-state index in [2.05, 4.69) is 97.9 Å². The van der Waals surface area contributed by atoms with Gasteiger partial charge in [-0.05, 0) is 154 Å². The van der Waals surface area contributed by atoms with Crippen molar-refractivity contribution in [1.29, 1.82) is 0 Å². The number of fused-ring (bicyclic) bond motifs is 4. The molecule has 2 nitrogen and oxygen atoms in total. The van der Waals surface area contributed by atoms with Gasteiger partial charge in [-0.2, -0.15) is 0 Å². The molecule has 0 bridgehead atoms. The molecular weight excluding hydrogens is 411 g/mol. The molecule has 0 radical (unpaired) electrons.